The number of aryl methyl sites for hydroxylation is 1. The zero-order valence-corrected chi connectivity index (χ0v) is 13.2. The van der Waals surface area contributed by atoms with Crippen molar-refractivity contribution in [1.82, 2.24) is 15.1 Å². The number of aromatic nitrogens is 2. The van der Waals surface area contributed by atoms with E-state index in [-0.39, 0.29) is 18.0 Å². The van der Waals surface area contributed by atoms with Crippen molar-refractivity contribution in [3.8, 4) is 6.07 Å². The smallest absolute Gasteiger partial charge is 0.285 e. The molecular weight excluding hydrogens is 280 g/mol. The lowest BCUT2D eigenvalue weighted by molar-refractivity contribution is -0.122. The van der Waals surface area contributed by atoms with E-state index in [0.29, 0.717) is 23.7 Å². The summed E-state index contributed by atoms with van der Waals surface area (Å²) in [5, 5.41) is 16.1. The molecule has 6 heteroatoms. The van der Waals surface area contributed by atoms with Gasteiger partial charge in [-0.25, -0.2) is 4.68 Å². The van der Waals surface area contributed by atoms with Gasteiger partial charge in [-0.05, 0) is 38.2 Å². The Morgan fingerprint density at radius 3 is 2.68 bits per heavy atom. The quantitative estimate of drug-likeness (QED) is 0.911. The van der Waals surface area contributed by atoms with Gasteiger partial charge < -0.3 is 5.32 Å². The maximum absolute atomic E-state index is 12.1. The Labute approximate surface area is 130 Å². The molecule has 1 aromatic rings. The fourth-order valence-electron chi connectivity index (χ4n) is 2.85. The van der Waals surface area contributed by atoms with E-state index < -0.39 is 5.56 Å². The summed E-state index contributed by atoms with van der Waals surface area (Å²) in [6.45, 7) is 3.94. The maximum Gasteiger partial charge on any atom is 0.285 e. The molecule has 1 aliphatic rings. The largest absolute Gasteiger partial charge is 0.354 e. The predicted molar refractivity (Wildman–Crippen MR) is 82.3 cm³/mol. The lowest BCUT2D eigenvalue weighted by Gasteiger charge is -2.21. The molecule has 1 N–H and O–H groups in total. The number of amides is 1. The summed E-state index contributed by atoms with van der Waals surface area (Å²) >= 11 is 0. The van der Waals surface area contributed by atoms with Gasteiger partial charge in [-0.15, -0.1) is 0 Å². The van der Waals surface area contributed by atoms with Crippen LogP contribution in [0.3, 0.4) is 0 Å². The molecule has 0 spiro atoms. The highest BCUT2D eigenvalue weighted by atomic mass is 16.2. The molecule has 1 amide bonds. The lowest BCUT2D eigenvalue weighted by atomic mass is 9.89. The fourth-order valence-corrected chi connectivity index (χ4v) is 2.85. The molecular formula is C16H22N4O2. The van der Waals surface area contributed by atoms with Gasteiger partial charge in [0.15, 0.2) is 0 Å². The van der Waals surface area contributed by atoms with Crippen LogP contribution in [0.4, 0.5) is 0 Å². The zero-order valence-electron chi connectivity index (χ0n) is 13.2. The number of hydrogen-bond acceptors (Lipinski definition) is 4. The van der Waals surface area contributed by atoms with Crippen LogP contribution in [-0.4, -0.2) is 22.2 Å². The van der Waals surface area contributed by atoms with Crippen LogP contribution >= 0.6 is 0 Å². The van der Waals surface area contributed by atoms with Crippen molar-refractivity contribution in [2.75, 3.05) is 6.54 Å². The number of carbonyl (C=O) groups excluding carboxylic acids is 1. The van der Waals surface area contributed by atoms with Gasteiger partial charge >= 0.3 is 0 Å². The molecule has 0 saturated heterocycles. The molecule has 2 rings (SSSR count). The number of nitriles is 1. The molecule has 1 aliphatic carbocycles. The second-order valence-electron chi connectivity index (χ2n) is 5.97. The molecule has 0 atom stereocenters. The summed E-state index contributed by atoms with van der Waals surface area (Å²) in [4.78, 5) is 24.1. The zero-order chi connectivity index (χ0) is 16.1. The first kappa shape index (κ1) is 16.2. The minimum absolute atomic E-state index is 0.0626. The summed E-state index contributed by atoms with van der Waals surface area (Å²) in [6.07, 6.45) is 6.04. The summed E-state index contributed by atoms with van der Waals surface area (Å²) < 4.78 is 1.08. The van der Waals surface area contributed by atoms with Crippen LogP contribution < -0.4 is 10.9 Å². The molecule has 0 aliphatic heterocycles. The average molecular weight is 302 g/mol. The molecule has 0 bridgehead atoms. The van der Waals surface area contributed by atoms with Crippen molar-refractivity contribution < 1.29 is 4.79 Å². The molecule has 6 nitrogen and oxygen atoms in total. The molecule has 118 valence electrons. The van der Waals surface area contributed by atoms with E-state index in [1.54, 1.807) is 13.8 Å². The van der Waals surface area contributed by atoms with Crippen molar-refractivity contribution in [3.05, 3.63) is 27.2 Å². The third-order valence-corrected chi connectivity index (χ3v) is 4.35. The number of nitrogens with zero attached hydrogens (tertiary/aromatic N) is 3. The van der Waals surface area contributed by atoms with Gasteiger partial charge in [0.25, 0.3) is 5.56 Å². The van der Waals surface area contributed by atoms with Gasteiger partial charge in [0.1, 0.15) is 18.2 Å². The minimum atomic E-state index is -0.501. The van der Waals surface area contributed by atoms with Gasteiger partial charge in [0.2, 0.25) is 5.91 Å². The predicted octanol–water partition coefficient (Wildman–Crippen LogP) is 1.43. The Hall–Kier alpha value is -2.16. The molecule has 1 fully saturated rings. The second kappa shape index (κ2) is 7.21. The van der Waals surface area contributed by atoms with Crippen molar-refractivity contribution in [1.29, 1.82) is 5.26 Å². The lowest BCUT2D eigenvalue weighted by Crippen LogP contribution is -2.37. The van der Waals surface area contributed by atoms with Gasteiger partial charge in [-0.3, -0.25) is 9.59 Å². The Morgan fingerprint density at radius 1 is 1.36 bits per heavy atom. The van der Waals surface area contributed by atoms with Crippen molar-refractivity contribution in [2.45, 2.75) is 52.5 Å². The molecule has 0 unspecified atom stereocenters. The van der Waals surface area contributed by atoms with Crippen molar-refractivity contribution >= 4 is 5.91 Å². The standard InChI is InChI=1S/C16H22N4O2/c1-11-12(2)19-20(16(22)14(11)8-17)10-15(21)18-9-13-6-4-3-5-7-13/h13H,3-7,9-10H2,1-2H3,(H,18,21). The van der Waals surface area contributed by atoms with Gasteiger partial charge in [0, 0.05) is 6.54 Å². The topological polar surface area (TPSA) is 87.8 Å². The van der Waals surface area contributed by atoms with E-state index in [9.17, 15) is 9.59 Å². The van der Waals surface area contributed by atoms with Crippen LogP contribution in [-0.2, 0) is 11.3 Å². The van der Waals surface area contributed by atoms with E-state index >= 15 is 0 Å². The first-order valence-electron chi connectivity index (χ1n) is 7.78. The Morgan fingerprint density at radius 2 is 2.05 bits per heavy atom. The van der Waals surface area contributed by atoms with Crippen LogP contribution in [0.1, 0.15) is 48.9 Å². The summed E-state index contributed by atoms with van der Waals surface area (Å²) in [7, 11) is 0. The second-order valence-corrected chi connectivity index (χ2v) is 5.97. The Bertz CT molecular complexity index is 651. The molecule has 0 aromatic carbocycles. The first-order chi connectivity index (χ1) is 10.5. The molecule has 0 radical (unpaired) electrons. The highest BCUT2D eigenvalue weighted by molar-refractivity contribution is 5.75. The number of carbonyl (C=O) groups is 1. The van der Waals surface area contributed by atoms with Crippen LogP contribution in [0.25, 0.3) is 0 Å². The van der Waals surface area contributed by atoms with Crippen molar-refractivity contribution in [3.63, 3.8) is 0 Å². The normalized spacial score (nSPS) is 15.3. The highest BCUT2D eigenvalue weighted by Gasteiger charge is 2.16. The Kier molecular flexibility index (Phi) is 5.31. The number of hydrogen-bond donors (Lipinski definition) is 1. The molecule has 1 aromatic heterocycles. The van der Waals surface area contributed by atoms with Gasteiger partial charge in [-0.2, -0.15) is 10.4 Å². The van der Waals surface area contributed by atoms with E-state index in [0.717, 1.165) is 17.5 Å². The van der Waals surface area contributed by atoms with E-state index in [4.69, 9.17) is 5.26 Å². The number of nitrogens with one attached hydrogen (secondary N) is 1. The monoisotopic (exact) mass is 302 g/mol. The van der Waals surface area contributed by atoms with Crippen LogP contribution in [0.15, 0.2) is 4.79 Å². The Balaban J connectivity index is 2.01. The SMILES string of the molecule is Cc1nn(CC(=O)NCC2CCCCC2)c(=O)c(C#N)c1C. The fraction of sp³-hybridized carbons (Fsp3) is 0.625. The summed E-state index contributed by atoms with van der Waals surface area (Å²) in [5.74, 6) is 0.309. The highest BCUT2D eigenvalue weighted by Crippen LogP contribution is 2.22. The van der Waals surface area contributed by atoms with E-state index in [2.05, 4.69) is 10.4 Å². The van der Waals surface area contributed by atoms with Crippen LogP contribution in [0.2, 0.25) is 0 Å². The van der Waals surface area contributed by atoms with Crippen LogP contribution in [0.5, 0.6) is 0 Å². The van der Waals surface area contributed by atoms with Gasteiger partial charge in [-0.1, -0.05) is 19.3 Å². The molecule has 1 saturated carbocycles. The van der Waals surface area contributed by atoms with E-state index in [1.165, 1.54) is 19.3 Å². The maximum atomic E-state index is 12.1. The average Bonchev–Trinajstić information content (AvgIpc) is 2.52. The van der Waals surface area contributed by atoms with Crippen LogP contribution in [0, 0.1) is 31.1 Å². The minimum Gasteiger partial charge on any atom is -0.354 e. The third kappa shape index (κ3) is 3.73. The summed E-state index contributed by atoms with van der Waals surface area (Å²) in [5.41, 5.74) is 0.730. The summed E-state index contributed by atoms with van der Waals surface area (Å²) in [6, 6.07) is 1.90. The van der Waals surface area contributed by atoms with E-state index in [1.807, 2.05) is 6.07 Å². The van der Waals surface area contributed by atoms with Crippen molar-refractivity contribution in [2.24, 2.45) is 5.92 Å². The first-order valence-corrected chi connectivity index (χ1v) is 7.78. The third-order valence-electron chi connectivity index (χ3n) is 4.35. The molecule has 1 heterocycles. The van der Waals surface area contributed by atoms with Gasteiger partial charge in [0.05, 0.1) is 5.69 Å². The molecule has 22 heavy (non-hydrogen) atoms. The number of rotatable bonds is 4.